The van der Waals surface area contributed by atoms with Gasteiger partial charge in [0.15, 0.2) is 6.23 Å². The Bertz CT molecular complexity index is 153. The molecule has 1 rings (SSSR count). The van der Waals surface area contributed by atoms with Gasteiger partial charge in [-0.3, -0.25) is 0 Å². The van der Waals surface area contributed by atoms with E-state index >= 15 is 0 Å². The van der Waals surface area contributed by atoms with Gasteiger partial charge in [0.1, 0.15) is 0 Å². The number of hydrogen-bond donors (Lipinski definition) is 0. The Morgan fingerprint density at radius 1 is 1.67 bits per heavy atom. The molecule has 1 atom stereocenters. The fourth-order valence-electron chi connectivity index (χ4n) is 0.590. The molecule has 52 valence electrons. The SMILES string of the molecule is CC1OC([O-])=N[N+]1(C)C. The van der Waals surface area contributed by atoms with Crippen LogP contribution in [0.1, 0.15) is 6.92 Å². The van der Waals surface area contributed by atoms with Gasteiger partial charge in [0, 0.05) is 6.92 Å². The zero-order valence-electron chi connectivity index (χ0n) is 5.79. The second kappa shape index (κ2) is 1.60. The highest BCUT2D eigenvalue weighted by Gasteiger charge is 2.27. The van der Waals surface area contributed by atoms with Crippen molar-refractivity contribution in [3.63, 3.8) is 0 Å². The molecule has 9 heavy (non-hydrogen) atoms. The van der Waals surface area contributed by atoms with Crippen LogP contribution in [0.5, 0.6) is 0 Å². The lowest BCUT2D eigenvalue weighted by atomic mass is 10.6. The van der Waals surface area contributed by atoms with Crippen molar-refractivity contribution in [2.24, 2.45) is 5.10 Å². The van der Waals surface area contributed by atoms with E-state index in [0.29, 0.717) is 0 Å². The molecule has 0 radical (unpaired) electrons. The van der Waals surface area contributed by atoms with Crippen LogP contribution in [0.2, 0.25) is 0 Å². The lowest BCUT2D eigenvalue weighted by molar-refractivity contribution is -0.928. The van der Waals surface area contributed by atoms with E-state index in [-0.39, 0.29) is 10.8 Å². The normalized spacial score (nSPS) is 31.4. The summed E-state index contributed by atoms with van der Waals surface area (Å²) in [6.45, 7) is 1.81. The second-order valence-corrected chi connectivity index (χ2v) is 2.56. The van der Waals surface area contributed by atoms with Crippen LogP contribution < -0.4 is 5.11 Å². The molecule has 0 N–H and O–H groups in total. The topological polar surface area (TPSA) is 44.6 Å². The maximum Gasteiger partial charge on any atom is 0.213 e. The van der Waals surface area contributed by atoms with E-state index in [9.17, 15) is 5.11 Å². The number of quaternary nitrogens is 1. The van der Waals surface area contributed by atoms with Crippen molar-refractivity contribution in [2.75, 3.05) is 14.1 Å². The quantitative estimate of drug-likeness (QED) is 0.398. The standard InChI is InChI=1S/C5H10N2O2/c1-4-7(2,3)6-5(8)9-4/h4H,1-3H3. The van der Waals surface area contributed by atoms with Crippen molar-refractivity contribution in [3.8, 4) is 0 Å². The fraction of sp³-hybridized carbons (Fsp3) is 0.800. The molecule has 1 heterocycles. The summed E-state index contributed by atoms with van der Waals surface area (Å²) in [5, 5.41) is 14.1. The Balaban J connectivity index is 2.76. The molecule has 0 saturated carbocycles. The first-order chi connectivity index (χ1) is 4.02. The molecule has 0 aromatic carbocycles. The molecule has 1 aliphatic heterocycles. The Kier molecular flexibility index (Phi) is 1.13. The average molecular weight is 130 g/mol. The molecular formula is C5H10N2O2. The molecular weight excluding hydrogens is 120 g/mol. The molecule has 4 nitrogen and oxygen atoms in total. The number of nitrogens with zero attached hydrogens (tertiary/aromatic N) is 2. The number of hydrogen-bond acceptors (Lipinski definition) is 3. The van der Waals surface area contributed by atoms with Gasteiger partial charge < -0.3 is 9.84 Å². The molecule has 4 heteroatoms. The predicted octanol–water partition coefficient (Wildman–Crippen LogP) is -0.930. The first-order valence-electron chi connectivity index (χ1n) is 2.80. The summed E-state index contributed by atoms with van der Waals surface area (Å²) in [7, 11) is 3.63. The van der Waals surface area contributed by atoms with Crippen LogP contribution in [-0.4, -0.2) is 31.0 Å². The molecule has 0 fully saturated rings. The van der Waals surface area contributed by atoms with E-state index in [4.69, 9.17) is 4.74 Å². The maximum absolute atomic E-state index is 10.5. The summed E-state index contributed by atoms with van der Waals surface area (Å²) in [6.07, 6.45) is -0.606. The van der Waals surface area contributed by atoms with E-state index in [1.165, 1.54) is 0 Å². The van der Waals surface area contributed by atoms with Crippen LogP contribution in [0.15, 0.2) is 5.10 Å². The largest absolute Gasteiger partial charge is 0.545 e. The zero-order valence-corrected chi connectivity index (χ0v) is 5.79. The van der Waals surface area contributed by atoms with Crippen LogP contribution >= 0.6 is 0 Å². The molecule has 0 saturated heterocycles. The van der Waals surface area contributed by atoms with E-state index in [2.05, 4.69) is 5.10 Å². The van der Waals surface area contributed by atoms with E-state index in [1.54, 1.807) is 0 Å². The van der Waals surface area contributed by atoms with Gasteiger partial charge in [0.05, 0.1) is 14.1 Å². The molecule has 0 amide bonds. The second-order valence-electron chi connectivity index (χ2n) is 2.56. The van der Waals surface area contributed by atoms with Crippen molar-refractivity contribution in [1.82, 2.24) is 0 Å². The Labute approximate surface area is 53.9 Å². The van der Waals surface area contributed by atoms with Crippen molar-refractivity contribution >= 4 is 6.08 Å². The van der Waals surface area contributed by atoms with Crippen molar-refractivity contribution in [3.05, 3.63) is 0 Å². The monoisotopic (exact) mass is 130 g/mol. The number of ether oxygens (including phenoxy) is 1. The van der Waals surface area contributed by atoms with Crippen LogP contribution in [0.25, 0.3) is 0 Å². The molecule has 1 aliphatic rings. The number of rotatable bonds is 0. The highest BCUT2D eigenvalue weighted by Crippen LogP contribution is 2.14. The molecule has 0 spiro atoms. The van der Waals surface area contributed by atoms with Gasteiger partial charge in [-0.25, -0.2) is 0 Å². The van der Waals surface area contributed by atoms with Gasteiger partial charge in [-0.1, -0.05) is 5.10 Å². The Morgan fingerprint density at radius 3 is 2.33 bits per heavy atom. The lowest BCUT2D eigenvalue weighted by Gasteiger charge is -2.24. The summed E-state index contributed by atoms with van der Waals surface area (Å²) in [6, 6.07) is 0. The highest BCUT2D eigenvalue weighted by molar-refractivity contribution is 5.61. The molecule has 0 aromatic rings. The van der Waals surface area contributed by atoms with Crippen LogP contribution in [0.4, 0.5) is 0 Å². The minimum absolute atomic E-state index is 0.141. The van der Waals surface area contributed by atoms with E-state index in [1.807, 2.05) is 21.0 Å². The third-order valence-corrected chi connectivity index (χ3v) is 1.50. The van der Waals surface area contributed by atoms with Crippen molar-refractivity contribution in [2.45, 2.75) is 13.2 Å². The van der Waals surface area contributed by atoms with Crippen LogP contribution in [-0.2, 0) is 4.74 Å². The Hall–Kier alpha value is -0.770. The predicted molar refractivity (Wildman–Crippen MR) is 30.1 cm³/mol. The van der Waals surface area contributed by atoms with Crippen molar-refractivity contribution < 1.29 is 14.4 Å². The van der Waals surface area contributed by atoms with Crippen LogP contribution in [0.3, 0.4) is 0 Å². The summed E-state index contributed by atoms with van der Waals surface area (Å²) >= 11 is 0. The summed E-state index contributed by atoms with van der Waals surface area (Å²) in [4.78, 5) is 0. The van der Waals surface area contributed by atoms with Gasteiger partial charge in [-0.2, -0.15) is 4.59 Å². The van der Waals surface area contributed by atoms with Gasteiger partial charge in [-0.05, 0) is 0 Å². The molecule has 0 aromatic heterocycles. The van der Waals surface area contributed by atoms with E-state index < -0.39 is 6.08 Å². The van der Waals surface area contributed by atoms with Crippen molar-refractivity contribution in [1.29, 1.82) is 0 Å². The fourth-order valence-corrected chi connectivity index (χ4v) is 0.590. The molecule has 0 aliphatic carbocycles. The first kappa shape index (κ1) is 6.35. The smallest absolute Gasteiger partial charge is 0.213 e. The minimum atomic E-state index is -0.465. The average Bonchev–Trinajstić information content (AvgIpc) is 1.79. The van der Waals surface area contributed by atoms with Gasteiger partial charge in [-0.15, -0.1) is 0 Å². The molecule has 1 unspecified atom stereocenters. The minimum Gasteiger partial charge on any atom is -0.545 e. The first-order valence-corrected chi connectivity index (χ1v) is 2.80. The highest BCUT2D eigenvalue weighted by atomic mass is 16.6. The van der Waals surface area contributed by atoms with E-state index in [0.717, 1.165) is 0 Å². The summed E-state index contributed by atoms with van der Waals surface area (Å²) < 4.78 is 5.02. The molecule has 0 bridgehead atoms. The third-order valence-electron chi connectivity index (χ3n) is 1.50. The van der Waals surface area contributed by atoms with Gasteiger partial charge in [0.2, 0.25) is 6.08 Å². The summed E-state index contributed by atoms with van der Waals surface area (Å²) in [5.74, 6) is 0. The third kappa shape index (κ3) is 0.977. The zero-order chi connectivity index (χ0) is 7.07. The van der Waals surface area contributed by atoms with Gasteiger partial charge >= 0.3 is 0 Å². The lowest BCUT2D eigenvalue weighted by Crippen LogP contribution is -2.39. The van der Waals surface area contributed by atoms with Gasteiger partial charge in [0.25, 0.3) is 0 Å². The summed E-state index contributed by atoms with van der Waals surface area (Å²) in [5.41, 5.74) is 0. The Morgan fingerprint density at radius 2 is 2.22 bits per heavy atom. The maximum atomic E-state index is 10.5. The van der Waals surface area contributed by atoms with Crippen LogP contribution in [0, 0.1) is 0 Å².